The lowest BCUT2D eigenvalue weighted by Crippen LogP contribution is -2.21. The molecule has 0 unspecified atom stereocenters. The second-order valence-electron chi connectivity index (χ2n) is 8.30. The van der Waals surface area contributed by atoms with Crippen molar-refractivity contribution in [3.05, 3.63) is 77.9 Å². The van der Waals surface area contributed by atoms with E-state index in [0.29, 0.717) is 28.2 Å². The van der Waals surface area contributed by atoms with Crippen molar-refractivity contribution in [2.45, 2.75) is 19.0 Å². The summed E-state index contributed by atoms with van der Waals surface area (Å²) in [5.74, 6) is 2.47. The zero-order valence-electron chi connectivity index (χ0n) is 21.9. The third kappa shape index (κ3) is 6.15. The molecule has 0 radical (unpaired) electrons. The fourth-order valence-corrected chi connectivity index (χ4v) is 4.40. The van der Waals surface area contributed by atoms with E-state index in [-0.39, 0.29) is 11.7 Å². The van der Waals surface area contributed by atoms with Crippen molar-refractivity contribution >= 4 is 23.4 Å². The summed E-state index contributed by atoms with van der Waals surface area (Å²) < 4.78 is 17.8. The molecule has 9 nitrogen and oxygen atoms in total. The van der Waals surface area contributed by atoms with Crippen LogP contribution in [0.4, 0.5) is 0 Å². The normalized spacial score (nSPS) is 11.2. The summed E-state index contributed by atoms with van der Waals surface area (Å²) in [5.41, 5.74) is 6.98. The number of amides is 1. The number of hydrogen-bond donors (Lipinski definition) is 1. The first-order valence-corrected chi connectivity index (χ1v) is 12.8. The van der Waals surface area contributed by atoms with Crippen LogP contribution in [0.5, 0.6) is 17.2 Å². The molecule has 0 aliphatic carbocycles. The van der Waals surface area contributed by atoms with Gasteiger partial charge in [-0.3, -0.25) is 9.36 Å². The highest BCUT2D eigenvalue weighted by Gasteiger charge is 2.17. The van der Waals surface area contributed by atoms with Crippen LogP contribution >= 0.6 is 11.8 Å². The van der Waals surface area contributed by atoms with Crippen molar-refractivity contribution in [2.75, 3.05) is 27.1 Å². The zero-order chi connectivity index (χ0) is 27.1. The lowest BCUT2D eigenvalue weighted by molar-refractivity contribution is -0.118. The molecule has 4 aromatic rings. The molecular weight excluding hydrogens is 502 g/mol. The van der Waals surface area contributed by atoms with Gasteiger partial charge < -0.3 is 14.2 Å². The van der Waals surface area contributed by atoms with Gasteiger partial charge in [-0.2, -0.15) is 5.10 Å². The number of ether oxygens (including phenoxy) is 3. The number of hydrazone groups is 1. The topological polar surface area (TPSA) is 99.9 Å². The Morgan fingerprint density at radius 2 is 1.63 bits per heavy atom. The van der Waals surface area contributed by atoms with Gasteiger partial charge in [0.1, 0.15) is 5.75 Å². The molecule has 1 aromatic heterocycles. The molecule has 4 rings (SSSR count). The fraction of sp³-hybridized carbons (Fsp3) is 0.214. The predicted octanol–water partition coefficient (Wildman–Crippen LogP) is 4.90. The van der Waals surface area contributed by atoms with Crippen LogP contribution in [0, 0.1) is 6.92 Å². The molecular formula is C28H29N5O4S. The van der Waals surface area contributed by atoms with Crippen LogP contribution in [-0.4, -0.2) is 53.5 Å². The number of nitrogens with zero attached hydrogens (tertiary/aromatic N) is 4. The number of rotatable bonds is 10. The van der Waals surface area contributed by atoms with Crippen molar-refractivity contribution < 1.29 is 19.0 Å². The summed E-state index contributed by atoms with van der Waals surface area (Å²) in [7, 11) is 4.78. The Bertz CT molecular complexity index is 1430. The Hall–Kier alpha value is -4.31. The van der Waals surface area contributed by atoms with Gasteiger partial charge in [-0.25, -0.2) is 5.43 Å². The molecule has 0 atom stereocenters. The molecule has 0 aliphatic rings. The SMILES string of the molecule is COc1ccc(-c2nnc(SCC(=O)N/N=C(\C)c3ccc(OC)c(OC)c3)n2-c2ccc(C)cc2)cc1. The summed E-state index contributed by atoms with van der Waals surface area (Å²) in [5, 5.41) is 13.7. The molecule has 0 fully saturated rings. The van der Waals surface area contributed by atoms with Crippen LogP contribution < -0.4 is 19.6 Å². The first-order valence-electron chi connectivity index (χ1n) is 11.8. The number of aromatic nitrogens is 3. The Balaban J connectivity index is 1.51. The Labute approximate surface area is 225 Å². The highest BCUT2D eigenvalue weighted by Crippen LogP contribution is 2.30. The molecule has 0 bridgehead atoms. The molecule has 0 aliphatic heterocycles. The van der Waals surface area contributed by atoms with Crippen LogP contribution in [0.2, 0.25) is 0 Å². The van der Waals surface area contributed by atoms with Crippen LogP contribution in [0.3, 0.4) is 0 Å². The van der Waals surface area contributed by atoms with Gasteiger partial charge in [0.15, 0.2) is 22.5 Å². The van der Waals surface area contributed by atoms with Crippen molar-refractivity contribution in [1.29, 1.82) is 0 Å². The van der Waals surface area contributed by atoms with E-state index in [9.17, 15) is 4.79 Å². The van der Waals surface area contributed by atoms with Gasteiger partial charge in [-0.15, -0.1) is 10.2 Å². The van der Waals surface area contributed by atoms with E-state index in [4.69, 9.17) is 14.2 Å². The first kappa shape index (κ1) is 26.7. The molecule has 0 saturated carbocycles. The lowest BCUT2D eigenvalue weighted by atomic mass is 10.1. The predicted molar refractivity (Wildman–Crippen MR) is 149 cm³/mol. The van der Waals surface area contributed by atoms with Crippen molar-refractivity contribution in [3.8, 4) is 34.3 Å². The van der Waals surface area contributed by atoms with E-state index < -0.39 is 0 Å². The average molecular weight is 532 g/mol. The van der Waals surface area contributed by atoms with Gasteiger partial charge in [-0.05, 0) is 68.4 Å². The van der Waals surface area contributed by atoms with Gasteiger partial charge in [0.25, 0.3) is 5.91 Å². The van der Waals surface area contributed by atoms with Gasteiger partial charge in [0.2, 0.25) is 0 Å². The lowest BCUT2D eigenvalue weighted by Gasteiger charge is -2.11. The van der Waals surface area contributed by atoms with Crippen molar-refractivity contribution in [3.63, 3.8) is 0 Å². The summed E-state index contributed by atoms with van der Waals surface area (Å²) in [6.07, 6.45) is 0. The van der Waals surface area contributed by atoms with Gasteiger partial charge in [-0.1, -0.05) is 29.5 Å². The maximum atomic E-state index is 12.7. The molecule has 0 spiro atoms. The fourth-order valence-electron chi connectivity index (χ4n) is 3.65. The monoisotopic (exact) mass is 531 g/mol. The number of thioether (sulfide) groups is 1. The van der Waals surface area contributed by atoms with E-state index in [1.807, 2.05) is 79.1 Å². The van der Waals surface area contributed by atoms with E-state index in [1.54, 1.807) is 27.4 Å². The Kier molecular flexibility index (Phi) is 8.65. The van der Waals surface area contributed by atoms with Crippen LogP contribution in [0.15, 0.2) is 77.0 Å². The summed E-state index contributed by atoms with van der Waals surface area (Å²) in [6, 6.07) is 21.1. The first-order chi connectivity index (χ1) is 18.4. The third-order valence-corrected chi connectivity index (χ3v) is 6.68. The van der Waals surface area contributed by atoms with Crippen LogP contribution in [-0.2, 0) is 4.79 Å². The maximum absolute atomic E-state index is 12.7. The van der Waals surface area contributed by atoms with E-state index in [1.165, 1.54) is 11.8 Å². The molecule has 196 valence electrons. The standard InChI is InChI=1S/C28H29N5O4S/c1-18-6-11-22(12-7-18)33-27(20-8-13-23(35-3)14-9-20)31-32-28(33)38-17-26(34)30-29-19(2)21-10-15-24(36-4)25(16-21)37-5/h6-16H,17H2,1-5H3,(H,30,34)/b29-19+. The highest BCUT2D eigenvalue weighted by atomic mass is 32.2. The van der Waals surface area contributed by atoms with Gasteiger partial charge >= 0.3 is 0 Å². The molecule has 0 saturated heterocycles. The second kappa shape index (κ2) is 12.3. The molecule has 38 heavy (non-hydrogen) atoms. The Morgan fingerprint density at radius 3 is 2.29 bits per heavy atom. The maximum Gasteiger partial charge on any atom is 0.250 e. The second-order valence-corrected chi connectivity index (χ2v) is 9.24. The van der Waals surface area contributed by atoms with Crippen LogP contribution in [0.25, 0.3) is 17.1 Å². The van der Waals surface area contributed by atoms with Gasteiger partial charge in [0.05, 0.1) is 32.8 Å². The number of carbonyl (C=O) groups excluding carboxylic acids is 1. The molecule has 10 heteroatoms. The quantitative estimate of drug-likeness (QED) is 0.176. The highest BCUT2D eigenvalue weighted by molar-refractivity contribution is 7.99. The minimum absolute atomic E-state index is 0.106. The number of aryl methyl sites for hydroxylation is 1. The zero-order valence-corrected chi connectivity index (χ0v) is 22.7. The molecule has 1 N–H and O–H groups in total. The minimum atomic E-state index is -0.265. The average Bonchev–Trinajstić information content (AvgIpc) is 3.38. The number of hydrogen-bond acceptors (Lipinski definition) is 8. The number of methoxy groups -OCH3 is 3. The minimum Gasteiger partial charge on any atom is -0.497 e. The van der Waals surface area contributed by atoms with Crippen LogP contribution in [0.1, 0.15) is 18.1 Å². The number of carbonyl (C=O) groups is 1. The molecule has 1 amide bonds. The van der Waals surface area contributed by atoms with Crippen molar-refractivity contribution in [2.24, 2.45) is 5.10 Å². The summed E-state index contributed by atoms with van der Waals surface area (Å²) in [4.78, 5) is 12.7. The van der Waals surface area contributed by atoms with E-state index >= 15 is 0 Å². The van der Waals surface area contributed by atoms with Crippen molar-refractivity contribution in [1.82, 2.24) is 20.2 Å². The third-order valence-electron chi connectivity index (χ3n) is 5.76. The number of benzene rings is 3. The molecule has 1 heterocycles. The smallest absolute Gasteiger partial charge is 0.250 e. The van der Waals surface area contributed by atoms with Gasteiger partial charge in [0, 0.05) is 16.8 Å². The van der Waals surface area contributed by atoms with E-state index in [2.05, 4.69) is 20.7 Å². The largest absolute Gasteiger partial charge is 0.497 e. The summed E-state index contributed by atoms with van der Waals surface area (Å²) >= 11 is 1.28. The summed E-state index contributed by atoms with van der Waals surface area (Å²) in [6.45, 7) is 3.84. The molecule has 3 aromatic carbocycles. The van der Waals surface area contributed by atoms with E-state index in [0.717, 1.165) is 28.1 Å². The number of nitrogens with one attached hydrogen (secondary N) is 1. The Morgan fingerprint density at radius 1 is 0.921 bits per heavy atom.